The van der Waals surface area contributed by atoms with E-state index in [4.69, 9.17) is 5.73 Å². The lowest BCUT2D eigenvalue weighted by Crippen LogP contribution is -2.40. The summed E-state index contributed by atoms with van der Waals surface area (Å²) in [5.74, 6) is -0.496. The normalized spacial score (nSPS) is 23.0. The predicted octanol–water partition coefficient (Wildman–Crippen LogP) is 2.70. The lowest BCUT2D eigenvalue weighted by atomic mass is 9.95. The van der Waals surface area contributed by atoms with Gasteiger partial charge in [-0.1, -0.05) is 6.07 Å². The van der Waals surface area contributed by atoms with Gasteiger partial charge in [0, 0.05) is 24.2 Å². The fraction of sp³-hybridized carbons (Fsp3) is 0.571. The number of hydrogen-bond acceptors (Lipinski definition) is 2. The number of rotatable bonds is 3. The van der Waals surface area contributed by atoms with Gasteiger partial charge in [0.1, 0.15) is 11.6 Å². The van der Waals surface area contributed by atoms with Crippen molar-refractivity contribution in [3.05, 3.63) is 35.4 Å². The van der Waals surface area contributed by atoms with Gasteiger partial charge < -0.3 is 5.73 Å². The van der Waals surface area contributed by atoms with Crippen molar-refractivity contribution in [2.75, 3.05) is 19.6 Å². The van der Waals surface area contributed by atoms with Gasteiger partial charge in [0.2, 0.25) is 0 Å². The van der Waals surface area contributed by atoms with Crippen LogP contribution in [0.5, 0.6) is 0 Å². The van der Waals surface area contributed by atoms with Crippen molar-refractivity contribution in [3.63, 3.8) is 0 Å². The summed E-state index contributed by atoms with van der Waals surface area (Å²) in [5.41, 5.74) is 6.27. The monoisotopic (exact) mass is 254 g/mol. The van der Waals surface area contributed by atoms with Crippen LogP contribution in [-0.2, 0) is 0 Å². The van der Waals surface area contributed by atoms with Gasteiger partial charge in [-0.15, -0.1) is 0 Å². The van der Waals surface area contributed by atoms with Crippen molar-refractivity contribution in [3.8, 4) is 0 Å². The van der Waals surface area contributed by atoms with Crippen LogP contribution in [0.1, 0.15) is 31.4 Å². The summed E-state index contributed by atoms with van der Waals surface area (Å²) >= 11 is 0. The summed E-state index contributed by atoms with van der Waals surface area (Å²) in [6.07, 6.45) is 2.24. The van der Waals surface area contributed by atoms with Crippen molar-refractivity contribution in [1.29, 1.82) is 0 Å². The molecular formula is C14H20F2N2. The smallest absolute Gasteiger partial charge is 0.130 e. The van der Waals surface area contributed by atoms with Crippen LogP contribution < -0.4 is 5.73 Å². The van der Waals surface area contributed by atoms with E-state index >= 15 is 0 Å². The molecule has 0 spiro atoms. The Bertz CT molecular complexity index is 409. The maximum Gasteiger partial charge on any atom is 0.130 e. The molecule has 1 aliphatic rings. The molecule has 2 nitrogen and oxygen atoms in total. The van der Waals surface area contributed by atoms with E-state index < -0.39 is 11.6 Å². The summed E-state index contributed by atoms with van der Waals surface area (Å²) in [6.45, 7) is 4.49. The van der Waals surface area contributed by atoms with Gasteiger partial charge in [-0.2, -0.15) is 0 Å². The molecule has 2 rings (SSSR count). The van der Waals surface area contributed by atoms with Crippen LogP contribution in [0.2, 0.25) is 0 Å². The molecule has 0 radical (unpaired) electrons. The Hall–Kier alpha value is -1.00. The molecule has 1 aromatic rings. The zero-order valence-corrected chi connectivity index (χ0v) is 10.7. The van der Waals surface area contributed by atoms with Gasteiger partial charge in [-0.25, -0.2) is 8.78 Å². The molecule has 2 unspecified atom stereocenters. The highest BCUT2D eigenvalue weighted by atomic mass is 19.1. The highest BCUT2D eigenvalue weighted by Gasteiger charge is 2.25. The molecule has 1 heterocycles. The Kier molecular flexibility index (Phi) is 4.30. The van der Waals surface area contributed by atoms with Crippen molar-refractivity contribution in [2.24, 2.45) is 11.7 Å². The first-order valence-corrected chi connectivity index (χ1v) is 6.51. The maximum atomic E-state index is 13.7. The molecule has 1 aromatic carbocycles. The van der Waals surface area contributed by atoms with Crippen molar-refractivity contribution >= 4 is 0 Å². The standard InChI is InChI=1S/C14H20F2N2/c1-10(13-5-4-12(15)7-14(13)16)18-6-2-3-11(8-17)9-18/h4-5,7,10-11H,2-3,6,8-9,17H2,1H3. The number of hydrogen-bond donors (Lipinski definition) is 1. The van der Waals surface area contributed by atoms with Crippen LogP contribution in [0.15, 0.2) is 18.2 Å². The molecule has 18 heavy (non-hydrogen) atoms. The minimum Gasteiger partial charge on any atom is -0.330 e. The molecule has 1 aliphatic heterocycles. The number of halogens is 2. The van der Waals surface area contributed by atoms with Crippen LogP contribution in [0.4, 0.5) is 8.78 Å². The van der Waals surface area contributed by atoms with E-state index in [0.717, 1.165) is 32.0 Å². The molecule has 0 amide bonds. The number of piperidine rings is 1. The van der Waals surface area contributed by atoms with E-state index in [1.54, 1.807) is 6.07 Å². The van der Waals surface area contributed by atoms with Gasteiger partial charge in [0.25, 0.3) is 0 Å². The fourth-order valence-corrected chi connectivity index (χ4v) is 2.68. The zero-order valence-electron chi connectivity index (χ0n) is 10.7. The largest absolute Gasteiger partial charge is 0.330 e. The van der Waals surface area contributed by atoms with Crippen LogP contribution in [0.25, 0.3) is 0 Å². The van der Waals surface area contributed by atoms with E-state index in [0.29, 0.717) is 18.0 Å². The quantitative estimate of drug-likeness (QED) is 0.898. The van der Waals surface area contributed by atoms with E-state index in [1.807, 2.05) is 6.92 Å². The third-order valence-electron chi connectivity index (χ3n) is 3.84. The van der Waals surface area contributed by atoms with Crippen molar-refractivity contribution in [1.82, 2.24) is 4.90 Å². The van der Waals surface area contributed by atoms with Gasteiger partial charge in [-0.3, -0.25) is 4.90 Å². The predicted molar refractivity (Wildman–Crippen MR) is 68.1 cm³/mol. The van der Waals surface area contributed by atoms with Crippen LogP contribution >= 0.6 is 0 Å². The average Bonchev–Trinajstić information content (AvgIpc) is 2.38. The summed E-state index contributed by atoms with van der Waals surface area (Å²) in [7, 11) is 0. The minimum absolute atomic E-state index is 0.0278. The summed E-state index contributed by atoms with van der Waals surface area (Å²) in [4.78, 5) is 2.23. The first-order valence-electron chi connectivity index (χ1n) is 6.51. The highest BCUT2D eigenvalue weighted by molar-refractivity contribution is 5.21. The Morgan fingerprint density at radius 3 is 2.89 bits per heavy atom. The Morgan fingerprint density at radius 1 is 1.44 bits per heavy atom. The van der Waals surface area contributed by atoms with E-state index in [2.05, 4.69) is 4.90 Å². The summed E-state index contributed by atoms with van der Waals surface area (Å²) < 4.78 is 26.6. The Labute approximate surface area is 107 Å². The fourth-order valence-electron chi connectivity index (χ4n) is 2.68. The van der Waals surface area contributed by atoms with Crippen molar-refractivity contribution in [2.45, 2.75) is 25.8 Å². The van der Waals surface area contributed by atoms with E-state index in [9.17, 15) is 8.78 Å². The maximum absolute atomic E-state index is 13.7. The molecule has 0 bridgehead atoms. The first kappa shape index (κ1) is 13.4. The van der Waals surface area contributed by atoms with Crippen molar-refractivity contribution < 1.29 is 8.78 Å². The lowest BCUT2D eigenvalue weighted by molar-refractivity contribution is 0.132. The van der Waals surface area contributed by atoms with Gasteiger partial charge >= 0.3 is 0 Å². The molecule has 0 saturated carbocycles. The van der Waals surface area contributed by atoms with E-state index in [-0.39, 0.29) is 6.04 Å². The summed E-state index contributed by atoms with van der Waals surface area (Å²) in [6, 6.07) is 3.79. The molecule has 4 heteroatoms. The molecule has 2 atom stereocenters. The Morgan fingerprint density at radius 2 is 2.22 bits per heavy atom. The number of nitrogens with zero attached hydrogens (tertiary/aromatic N) is 1. The number of benzene rings is 1. The Balaban J connectivity index is 2.12. The third kappa shape index (κ3) is 2.87. The van der Waals surface area contributed by atoms with Crippen LogP contribution in [-0.4, -0.2) is 24.5 Å². The number of nitrogens with two attached hydrogens (primary N) is 1. The second kappa shape index (κ2) is 5.76. The van der Waals surface area contributed by atoms with E-state index in [1.165, 1.54) is 6.07 Å². The molecule has 1 fully saturated rings. The second-order valence-corrected chi connectivity index (χ2v) is 5.08. The molecule has 100 valence electrons. The van der Waals surface area contributed by atoms with Crippen LogP contribution in [0.3, 0.4) is 0 Å². The molecular weight excluding hydrogens is 234 g/mol. The molecule has 2 N–H and O–H groups in total. The average molecular weight is 254 g/mol. The molecule has 0 aliphatic carbocycles. The minimum atomic E-state index is -0.526. The first-order chi connectivity index (χ1) is 8.61. The molecule has 0 aromatic heterocycles. The highest BCUT2D eigenvalue weighted by Crippen LogP contribution is 2.28. The molecule has 1 saturated heterocycles. The zero-order chi connectivity index (χ0) is 13.1. The second-order valence-electron chi connectivity index (χ2n) is 5.08. The van der Waals surface area contributed by atoms with Gasteiger partial charge in [0.05, 0.1) is 0 Å². The summed E-state index contributed by atoms with van der Waals surface area (Å²) in [5, 5.41) is 0. The third-order valence-corrected chi connectivity index (χ3v) is 3.84. The lowest BCUT2D eigenvalue weighted by Gasteiger charge is -2.36. The topological polar surface area (TPSA) is 29.3 Å². The van der Waals surface area contributed by atoms with Gasteiger partial charge in [0.15, 0.2) is 0 Å². The van der Waals surface area contributed by atoms with Gasteiger partial charge in [-0.05, 0) is 44.8 Å². The van der Waals surface area contributed by atoms with Crippen LogP contribution in [0, 0.1) is 17.6 Å². The number of likely N-dealkylation sites (tertiary alicyclic amines) is 1. The SMILES string of the molecule is CC(c1ccc(F)cc1F)N1CCCC(CN)C1.